The van der Waals surface area contributed by atoms with Crippen LogP contribution in [0.2, 0.25) is 0 Å². The zero-order valence-electron chi connectivity index (χ0n) is 10.9. The van der Waals surface area contributed by atoms with Gasteiger partial charge in [-0.05, 0) is 17.9 Å². The lowest BCUT2D eigenvalue weighted by atomic mass is 9.91. The second-order valence-electron chi connectivity index (χ2n) is 5.15. The molecule has 0 amide bonds. The van der Waals surface area contributed by atoms with Gasteiger partial charge in [0.15, 0.2) is 0 Å². The van der Waals surface area contributed by atoms with Gasteiger partial charge in [-0.15, -0.1) is 0 Å². The summed E-state index contributed by atoms with van der Waals surface area (Å²) in [6.45, 7) is 4.61. The molecule has 0 spiro atoms. The highest BCUT2D eigenvalue weighted by Gasteiger charge is 2.33. The van der Waals surface area contributed by atoms with Crippen molar-refractivity contribution in [1.29, 1.82) is 0 Å². The Bertz CT molecular complexity index is 385. The van der Waals surface area contributed by atoms with Crippen molar-refractivity contribution in [1.82, 2.24) is 4.90 Å². The van der Waals surface area contributed by atoms with Crippen molar-refractivity contribution < 1.29 is 9.90 Å². The average molecular weight is 247 g/mol. The largest absolute Gasteiger partial charge is 0.481 e. The van der Waals surface area contributed by atoms with Crippen LogP contribution < -0.4 is 0 Å². The van der Waals surface area contributed by atoms with Crippen LogP contribution in [0.1, 0.15) is 31.2 Å². The number of hydrogen-bond donors (Lipinski definition) is 1. The minimum absolute atomic E-state index is 0.150. The van der Waals surface area contributed by atoms with Crippen LogP contribution in [0, 0.1) is 5.92 Å². The molecule has 1 saturated heterocycles. The lowest BCUT2D eigenvalue weighted by Crippen LogP contribution is -2.51. The molecule has 18 heavy (non-hydrogen) atoms. The van der Waals surface area contributed by atoms with Crippen LogP contribution in [-0.2, 0) is 4.79 Å². The van der Waals surface area contributed by atoms with Crippen molar-refractivity contribution in [3.8, 4) is 0 Å². The van der Waals surface area contributed by atoms with Gasteiger partial charge in [-0.3, -0.25) is 4.79 Å². The fourth-order valence-corrected chi connectivity index (χ4v) is 2.62. The van der Waals surface area contributed by atoms with Crippen molar-refractivity contribution in [2.75, 3.05) is 19.6 Å². The van der Waals surface area contributed by atoms with E-state index < -0.39 is 5.97 Å². The normalized spacial score (nSPS) is 18.3. The Hall–Kier alpha value is -1.35. The molecule has 1 atom stereocenters. The van der Waals surface area contributed by atoms with E-state index in [4.69, 9.17) is 5.11 Å². The summed E-state index contributed by atoms with van der Waals surface area (Å²) in [6.07, 6.45) is 2.33. The molecule has 3 heteroatoms. The standard InChI is InChI=1S/C15H21NO2/c1-2-6-13(12-7-4-3-5-8-12)9-16-10-14(11-16)15(17)18/h3-5,7-8,13-14H,2,6,9-11H2,1H3,(H,17,18). The number of likely N-dealkylation sites (tertiary alicyclic amines) is 1. The first-order chi connectivity index (χ1) is 8.70. The second kappa shape index (κ2) is 6.01. The van der Waals surface area contributed by atoms with Gasteiger partial charge >= 0.3 is 5.97 Å². The van der Waals surface area contributed by atoms with Crippen LogP contribution in [0.5, 0.6) is 0 Å². The van der Waals surface area contributed by atoms with Gasteiger partial charge < -0.3 is 10.0 Å². The third-order valence-electron chi connectivity index (χ3n) is 3.69. The van der Waals surface area contributed by atoms with Crippen LogP contribution in [-0.4, -0.2) is 35.6 Å². The molecule has 98 valence electrons. The minimum Gasteiger partial charge on any atom is -0.481 e. The number of carboxylic acids is 1. The summed E-state index contributed by atoms with van der Waals surface area (Å²) in [7, 11) is 0. The number of carboxylic acid groups (broad SMARTS) is 1. The van der Waals surface area contributed by atoms with Crippen LogP contribution in [0.15, 0.2) is 30.3 Å². The Labute approximate surface area is 108 Å². The molecular weight excluding hydrogens is 226 g/mol. The zero-order chi connectivity index (χ0) is 13.0. The molecule has 2 rings (SSSR count). The smallest absolute Gasteiger partial charge is 0.309 e. The van der Waals surface area contributed by atoms with Crippen molar-refractivity contribution >= 4 is 5.97 Å². The first kappa shape index (κ1) is 13.1. The minimum atomic E-state index is -0.655. The van der Waals surface area contributed by atoms with Gasteiger partial charge in [0.1, 0.15) is 0 Å². The maximum Gasteiger partial charge on any atom is 0.309 e. The molecular formula is C15H21NO2. The van der Waals surface area contributed by atoms with E-state index in [1.807, 2.05) is 6.07 Å². The first-order valence-corrected chi connectivity index (χ1v) is 6.70. The van der Waals surface area contributed by atoms with Crippen molar-refractivity contribution in [2.45, 2.75) is 25.7 Å². The molecule has 1 aliphatic rings. The summed E-state index contributed by atoms with van der Waals surface area (Å²) < 4.78 is 0. The number of benzene rings is 1. The molecule has 1 aliphatic heterocycles. The summed E-state index contributed by atoms with van der Waals surface area (Å²) in [6, 6.07) is 10.5. The highest BCUT2D eigenvalue weighted by Crippen LogP contribution is 2.26. The summed E-state index contributed by atoms with van der Waals surface area (Å²) in [5, 5.41) is 8.88. The predicted molar refractivity (Wildman–Crippen MR) is 71.7 cm³/mol. The first-order valence-electron chi connectivity index (χ1n) is 6.70. The van der Waals surface area contributed by atoms with Crippen LogP contribution in [0.4, 0.5) is 0 Å². The van der Waals surface area contributed by atoms with E-state index in [0.717, 1.165) is 19.4 Å². The number of nitrogens with zero attached hydrogens (tertiary/aromatic N) is 1. The fourth-order valence-electron chi connectivity index (χ4n) is 2.62. The van der Waals surface area contributed by atoms with E-state index in [-0.39, 0.29) is 5.92 Å². The molecule has 1 N–H and O–H groups in total. The third-order valence-corrected chi connectivity index (χ3v) is 3.69. The van der Waals surface area contributed by atoms with Crippen LogP contribution in [0.25, 0.3) is 0 Å². The van der Waals surface area contributed by atoms with Crippen molar-refractivity contribution in [3.05, 3.63) is 35.9 Å². The van der Waals surface area contributed by atoms with E-state index in [1.54, 1.807) is 0 Å². The molecule has 1 aromatic carbocycles. The highest BCUT2D eigenvalue weighted by molar-refractivity contribution is 5.71. The van der Waals surface area contributed by atoms with Crippen LogP contribution >= 0.6 is 0 Å². The van der Waals surface area contributed by atoms with Gasteiger partial charge in [-0.1, -0.05) is 43.7 Å². The summed E-state index contributed by atoms with van der Waals surface area (Å²) >= 11 is 0. The molecule has 0 aromatic heterocycles. The number of carbonyl (C=O) groups is 1. The SMILES string of the molecule is CCCC(CN1CC(C(=O)O)C1)c1ccccc1. The summed E-state index contributed by atoms with van der Waals surface area (Å²) in [5.74, 6) is -0.271. The maximum atomic E-state index is 10.8. The topological polar surface area (TPSA) is 40.5 Å². The van der Waals surface area contributed by atoms with E-state index in [9.17, 15) is 4.79 Å². The summed E-state index contributed by atoms with van der Waals surface area (Å²) in [4.78, 5) is 13.0. The number of hydrogen-bond acceptors (Lipinski definition) is 2. The second-order valence-corrected chi connectivity index (χ2v) is 5.15. The highest BCUT2D eigenvalue weighted by atomic mass is 16.4. The molecule has 0 radical (unpaired) electrons. The van der Waals surface area contributed by atoms with Gasteiger partial charge in [-0.2, -0.15) is 0 Å². The molecule has 1 aromatic rings. The maximum absolute atomic E-state index is 10.8. The molecule has 3 nitrogen and oxygen atoms in total. The van der Waals surface area contributed by atoms with Gasteiger partial charge in [0.25, 0.3) is 0 Å². The lowest BCUT2D eigenvalue weighted by Gasteiger charge is -2.39. The summed E-state index contributed by atoms with van der Waals surface area (Å²) in [5.41, 5.74) is 1.37. The van der Waals surface area contributed by atoms with Crippen LogP contribution in [0.3, 0.4) is 0 Å². The molecule has 1 unspecified atom stereocenters. The third kappa shape index (κ3) is 3.10. The van der Waals surface area contributed by atoms with Crippen molar-refractivity contribution in [3.63, 3.8) is 0 Å². The zero-order valence-corrected chi connectivity index (χ0v) is 10.9. The Morgan fingerprint density at radius 1 is 1.39 bits per heavy atom. The Kier molecular flexibility index (Phi) is 4.37. The monoisotopic (exact) mass is 247 g/mol. The van der Waals surface area contributed by atoms with Gasteiger partial charge in [0.05, 0.1) is 5.92 Å². The average Bonchev–Trinajstić information content (AvgIpc) is 2.32. The predicted octanol–water partition coefficient (Wildman–Crippen LogP) is 2.59. The Morgan fingerprint density at radius 3 is 2.61 bits per heavy atom. The fraction of sp³-hybridized carbons (Fsp3) is 0.533. The molecule has 0 saturated carbocycles. The van der Waals surface area contributed by atoms with Gasteiger partial charge in [-0.25, -0.2) is 0 Å². The van der Waals surface area contributed by atoms with Gasteiger partial charge in [0, 0.05) is 19.6 Å². The molecule has 0 bridgehead atoms. The van der Waals surface area contributed by atoms with Crippen molar-refractivity contribution in [2.24, 2.45) is 5.92 Å². The van der Waals surface area contributed by atoms with E-state index in [1.165, 1.54) is 5.56 Å². The Morgan fingerprint density at radius 2 is 2.06 bits per heavy atom. The molecule has 1 fully saturated rings. The molecule has 1 heterocycles. The lowest BCUT2D eigenvalue weighted by molar-refractivity contribution is -0.147. The van der Waals surface area contributed by atoms with E-state index in [0.29, 0.717) is 19.0 Å². The number of aliphatic carboxylic acids is 1. The molecule has 0 aliphatic carbocycles. The quantitative estimate of drug-likeness (QED) is 0.840. The number of rotatable bonds is 6. The van der Waals surface area contributed by atoms with E-state index >= 15 is 0 Å². The van der Waals surface area contributed by atoms with E-state index in [2.05, 4.69) is 36.1 Å². The van der Waals surface area contributed by atoms with Gasteiger partial charge in [0.2, 0.25) is 0 Å². The Balaban J connectivity index is 1.90.